The molecule has 0 aromatic carbocycles. The van der Waals surface area contributed by atoms with Crippen LogP contribution in [0.3, 0.4) is 0 Å². The largest absolute Gasteiger partial charge is 0.477 e. The van der Waals surface area contributed by atoms with Gasteiger partial charge in [0, 0.05) is 18.8 Å². The smallest absolute Gasteiger partial charge is 0.221 e. The van der Waals surface area contributed by atoms with Crippen LogP contribution < -0.4 is 4.74 Å². The van der Waals surface area contributed by atoms with Crippen molar-refractivity contribution in [2.24, 2.45) is 0 Å². The number of aromatic nitrogens is 1. The fourth-order valence-corrected chi connectivity index (χ4v) is 0.939. The van der Waals surface area contributed by atoms with E-state index in [9.17, 15) is 0 Å². The molecule has 0 aliphatic heterocycles. The summed E-state index contributed by atoms with van der Waals surface area (Å²) in [7, 11) is 4.10. The summed E-state index contributed by atoms with van der Waals surface area (Å²) in [5.74, 6) is 0.584. The number of hydrogen-bond donors (Lipinski definition) is 0. The van der Waals surface area contributed by atoms with Gasteiger partial charge in [0.05, 0.1) is 6.61 Å². The van der Waals surface area contributed by atoms with Gasteiger partial charge >= 0.3 is 0 Å². The molecule has 13 heavy (non-hydrogen) atoms. The highest BCUT2D eigenvalue weighted by Crippen LogP contribution is 2.02. The van der Waals surface area contributed by atoms with E-state index in [1.807, 2.05) is 20.2 Å². The molecule has 3 heteroatoms. The molecule has 0 saturated carbocycles. The Kier molecular flexibility index (Phi) is 4.26. The molecular formula is C10H15N2O. The van der Waals surface area contributed by atoms with Gasteiger partial charge in [-0.25, -0.2) is 4.98 Å². The summed E-state index contributed by atoms with van der Waals surface area (Å²) >= 11 is 0. The van der Waals surface area contributed by atoms with E-state index < -0.39 is 0 Å². The first-order valence-electron chi connectivity index (χ1n) is 4.39. The van der Waals surface area contributed by atoms with Crippen LogP contribution in [0, 0.1) is 6.07 Å². The first kappa shape index (κ1) is 9.99. The Hall–Kier alpha value is -1.09. The molecule has 1 aromatic rings. The van der Waals surface area contributed by atoms with Crippen molar-refractivity contribution in [3.8, 4) is 5.88 Å². The van der Waals surface area contributed by atoms with Gasteiger partial charge in [0.15, 0.2) is 0 Å². The van der Waals surface area contributed by atoms with Crippen LogP contribution in [0.4, 0.5) is 0 Å². The van der Waals surface area contributed by atoms with Crippen LogP contribution >= 0.6 is 0 Å². The van der Waals surface area contributed by atoms with Gasteiger partial charge in [-0.15, -0.1) is 0 Å². The molecular weight excluding hydrogens is 164 g/mol. The maximum atomic E-state index is 5.36. The molecule has 0 unspecified atom stereocenters. The Morgan fingerprint density at radius 3 is 3.00 bits per heavy atom. The van der Waals surface area contributed by atoms with E-state index in [1.165, 1.54) is 0 Å². The average molecular weight is 179 g/mol. The van der Waals surface area contributed by atoms with E-state index in [-0.39, 0.29) is 0 Å². The topological polar surface area (TPSA) is 25.4 Å². The third kappa shape index (κ3) is 4.48. The number of pyridine rings is 1. The molecule has 0 N–H and O–H groups in total. The summed E-state index contributed by atoms with van der Waals surface area (Å²) in [6, 6.07) is 6.54. The zero-order valence-electron chi connectivity index (χ0n) is 8.16. The highest BCUT2D eigenvalue weighted by Gasteiger charge is 1.94. The molecule has 0 atom stereocenters. The lowest BCUT2D eigenvalue weighted by Crippen LogP contribution is -2.15. The maximum Gasteiger partial charge on any atom is 0.221 e. The molecule has 0 saturated heterocycles. The molecule has 0 aliphatic rings. The SMILES string of the molecule is CN(C)CCCOc1[c]cccn1. The number of ether oxygens (including phenoxy) is 1. The highest BCUT2D eigenvalue weighted by atomic mass is 16.5. The lowest BCUT2D eigenvalue weighted by molar-refractivity contribution is 0.272. The van der Waals surface area contributed by atoms with Crippen molar-refractivity contribution >= 4 is 0 Å². The van der Waals surface area contributed by atoms with E-state index >= 15 is 0 Å². The molecule has 0 aliphatic carbocycles. The van der Waals surface area contributed by atoms with Gasteiger partial charge in [-0.1, -0.05) is 0 Å². The third-order valence-electron chi connectivity index (χ3n) is 1.57. The summed E-state index contributed by atoms with van der Waals surface area (Å²) in [6.45, 7) is 1.73. The molecule has 3 nitrogen and oxygen atoms in total. The van der Waals surface area contributed by atoms with E-state index in [4.69, 9.17) is 4.74 Å². The summed E-state index contributed by atoms with van der Waals surface area (Å²) in [4.78, 5) is 6.13. The Morgan fingerprint density at radius 1 is 1.54 bits per heavy atom. The molecule has 0 amide bonds. The van der Waals surface area contributed by atoms with Gasteiger partial charge < -0.3 is 9.64 Å². The summed E-state index contributed by atoms with van der Waals surface area (Å²) < 4.78 is 5.36. The first-order valence-corrected chi connectivity index (χ1v) is 4.39. The van der Waals surface area contributed by atoms with Crippen LogP contribution in [-0.2, 0) is 0 Å². The minimum atomic E-state index is 0.584. The predicted octanol–water partition coefficient (Wildman–Crippen LogP) is 1.21. The van der Waals surface area contributed by atoms with Gasteiger partial charge in [-0.2, -0.15) is 0 Å². The van der Waals surface area contributed by atoms with Crippen molar-refractivity contribution in [3.05, 3.63) is 24.4 Å². The second-order valence-corrected chi connectivity index (χ2v) is 3.09. The summed E-state index contributed by atoms with van der Waals surface area (Å²) in [6.07, 6.45) is 2.72. The fourth-order valence-electron chi connectivity index (χ4n) is 0.939. The van der Waals surface area contributed by atoms with Gasteiger partial charge in [-0.3, -0.25) is 0 Å². The van der Waals surface area contributed by atoms with Gasteiger partial charge in [0.25, 0.3) is 0 Å². The van der Waals surface area contributed by atoms with Crippen LogP contribution in [0.15, 0.2) is 18.3 Å². The Labute approximate surface area is 79.3 Å². The Morgan fingerprint density at radius 2 is 2.38 bits per heavy atom. The number of nitrogens with zero attached hydrogens (tertiary/aromatic N) is 2. The average Bonchev–Trinajstić information content (AvgIpc) is 2.14. The lowest BCUT2D eigenvalue weighted by atomic mass is 10.4. The number of hydrogen-bond acceptors (Lipinski definition) is 3. The highest BCUT2D eigenvalue weighted by molar-refractivity contribution is 5.06. The quantitative estimate of drug-likeness (QED) is 0.635. The van der Waals surface area contributed by atoms with Crippen molar-refractivity contribution in [3.63, 3.8) is 0 Å². The number of rotatable bonds is 5. The maximum absolute atomic E-state index is 5.36. The van der Waals surface area contributed by atoms with Crippen LogP contribution in [-0.4, -0.2) is 37.1 Å². The molecule has 0 fully saturated rings. The van der Waals surface area contributed by atoms with Gasteiger partial charge in [-0.05, 0) is 32.6 Å². The molecule has 1 aromatic heterocycles. The first-order chi connectivity index (χ1) is 6.29. The molecule has 1 rings (SSSR count). The fraction of sp³-hybridized carbons (Fsp3) is 0.500. The Balaban J connectivity index is 2.13. The zero-order valence-corrected chi connectivity index (χ0v) is 8.16. The monoisotopic (exact) mass is 179 g/mol. The zero-order chi connectivity index (χ0) is 9.52. The van der Waals surface area contributed by atoms with E-state index in [0.717, 1.165) is 13.0 Å². The van der Waals surface area contributed by atoms with E-state index in [1.54, 1.807) is 12.3 Å². The van der Waals surface area contributed by atoms with Crippen molar-refractivity contribution in [2.45, 2.75) is 6.42 Å². The van der Waals surface area contributed by atoms with Crippen LogP contribution in [0.2, 0.25) is 0 Å². The summed E-state index contributed by atoms with van der Waals surface area (Å²) in [5.41, 5.74) is 0. The lowest BCUT2D eigenvalue weighted by Gasteiger charge is -2.09. The van der Waals surface area contributed by atoms with Crippen LogP contribution in [0.5, 0.6) is 5.88 Å². The van der Waals surface area contributed by atoms with Crippen molar-refractivity contribution < 1.29 is 4.74 Å². The Bertz CT molecular complexity index is 224. The second-order valence-electron chi connectivity index (χ2n) is 3.09. The van der Waals surface area contributed by atoms with E-state index in [2.05, 4.69) is 16.0 Å². The molecule has 0 bridgehead atoms. The summed E-state index contributed by atoms with van der Waals surface area (Å²) in [5, 5.41) is 0. The molecule has 71 valence electrons. The van der Waals surface area contributed by atoms with Gasteiger partial charge in [0.1, 0.15) is 0 Å². The normalized spacial score (nSPS) is 10.4. The molecule has 1 heterocycles. The van der Waals surface area contributed by atoms with Crippen LogP contribution in [0.25, 0.3) is 0 Å². The van der Waals surface area contributed by atoms with Crippen LogP contribution in [0.1, 0.15) is 6.42 Å². The van der Waals surface area contributed by atoms with Crippen molar-refractivity contribution in [1.82, 2.24) is 9.88 Å². The predicted molar refractivity (Wildman–Crippen MR) is 51.7 cm³/mol. The molecule has 1 radical (unpaired) electrons. The van der Waals surface area contributed by atoms with Crippen molar-refractivity contribution in [2.75, 3.05) is 27.2 Å². The third-order valence-corrected chi connectivity index (χ3v) is 1.57. The van der Waals surface area contributed by atoms with Crippen molar-refractivity contribution in [1.29, 1.82) is 0 Å². The van der Waals surface area contributed by atoms with Gasteiger partial charge in [0.2, 0.25) is 5.88 Å². The standard InChI is InChI=1S/C10H15N2O/c1-12(2)8-5-9-13-10-6-3-4-7-11-10/h3-4,7H,5,8-9H2,1-2H3. The molecule has 0 spiro atoms. The minimum absolute atomic E-state index is 0.584. The van der Waals surface area contributed by atoms with E-state index in [0.29, 0.717) is 12.5 Å². The second kappa shape index (κ2) is 5.54. The minimum Gasteiger partial charge on any atom is -0.477 e.